The van der Waals surface area contributed by atoms with E-state index in [4.69, 9.17) is 0 Å². The lowest BCUT2D eigenvalue weighted by molar-refractivity contribution is -0.141. The molecule has 0 heterocycles. The van der Waals surface area contributed by atoms with Crippen molar-refractivity contribution in [2.45, 2.75) is 52.6 Å². The summed E-state index contributed by atoms with van der Waals surface area (Å²) in [5, 5.41) is 2.97. The van der Waals surface area contributed by atoms with Crippen LogP contribution >= 0.6 is 0 Å². The summed E-state index contributed by atoms with van der Waals surface area (Å²) in [7, 11) is -3.85. The number of carbonyl (C=O) groups excluding carboxylic acids is 2. The van der Waals surface area contributed by atoms with Crippen molar-refractivity contribution in [1.29, 1.82) is 0 Å². The Morgan fingerprint density at radius 1 is 0.905 bits per heavy atom. The molecule has 0 spiro atoms. The zero-order chi connectivity index (χ0) is 30.9. The quantitative estimate of drug-likeness (QED) is 0.275. The van der Waals surface area contributed by atoms with Crippen molar-refractivity contribution in [3.8, 4) is 0 Å². The van der Waals surface area contributed by atoms with Crippen molar-refractivity contribution in [2.75, 3.05) is 23.7 Å². The van der Waals surface area contributed by atoms with Gasteiger partial charge in [-0.2, -0.15) is 0 Å². The van der Waals surface area contributed by atoms with Crippen LogP contribution in [-0.4, -0.2) is 50.5 Å². The smallest absolute Gasteiger partial charge is 0.243 e. The molecule has 1 unspecified atom stereocenters. The van der Waals surface area contributed by atoms with Crippen molar-refractivity contribution < 1.29 is 26.8 Å². The van der Waals surface area contributed by atoms with Crippen molar-refractivity contribution in [1.82, 2.24) is 10.2 Å². The fraction of sp³-hybridized carbons (Fsp3) is 0.375. The van der Waals surface area contributed by atoms with Gasteiger partial charge in [0.2, 0.25) is 21.8 Å². The standard InChI is InChI=1S/C32H39F2N3O4S/c1-23(2)21-35-32(39)30(19-25-11-6-5-7-12-25)36(22-26-13-8-10-24(3)18-26)31(38)14-9-17-37(42(4,40)41)27-15-16-28(33)29(34)20-27/h5-8,10-13,15-16,18,20,23,30H,9,14,17,19,21-22H2,1-4H3,(H,35,39). The molecule has 0 saturated carbocycles. The molecule has 10 heteroatoms. The first kappa shape index (κ1) is 32.7. The molecule has 0 saturated heterocycles. The minimum absolute atomic E-state index is 0.0320. The SMILES string of the molecule is Cc1cccc(CN(C(=O)CCCN(c2ccc(F)c(F)c2)S(C)(=O)=O)C(Cc2ccccc2)C(=O)NCC(C)C)c1. The minimum Gasteiger partial charge on any atom is -0.354 e. The largest absolute Gasteiger partial charge is 0.354 e. The lowest BCUT2D eigenvalue weighted by Gasteiger charge is -2.32. The predicted octanol–water partition coefficient (Wildman–Crippen LogP) is 5.23. The zero-order valence-corrected chi connectivity index (χ0v) is 25.3. The summed E-state index contributed by atoms with van der Waals surface area (Å²) in [6, 6.07) is 19.2. The number of amides is 2. The number of halogens is 2. The Balaban J connectivity index is 1.89. The molecular formula is C32H39F2N3O4S. The van der Waals surface area contributed by atoms with E-state index >= 15 is 0 Å². The number of anilines is 1. The molecule has 42 heavy (non-hydrogen) atoms. The van der Waals surface area contributed by atoms with E-state index in [-0.39, 0.29) is 49.4 Å². The molecule has 2 amide bonds. The van der Waals surface area contributed by atoms with Gasteiger partial charge in [0.15, 0.2) is 11.6 Å². The summed E-state index contributed by atoms with van der Waals surface area (Å²) >= 11 is 0. The number of sulfonamides is 1. The van der Waals surface area contributed by atoms with Crippen LogP contribution in [0, 0.1) is 24.5 Å². The molecule has 226 valence electrons. The average molecular weight is 600 g/mol. The first-order valence-electron chi connectivity index (χ1n) is 13.9. The molecule has 7 nitrogen and oxygen atoms in total. The highest BCUT2D eigenvalue weighted by molar-refractivity contribution is 7.92. The van der Waals surface area contributed by atoms with Crippen LogP contribution in [0.2, 0.25) is 0 Å². The summed E-state index contributed by atoms with van der Waals surface area (Å²) in [5.41, 5.74) is 2.73. The number of rotatable bonds is 14. The molecule has 0 bridgehead atoms. The molecule has 3 aromatic rings. The second-order valence-electron chi connectivity index (χ2n) is 10.9. The van der Waals surface area contributed by atoms with Crippen molar-refractivity contribution in [3.63, 3.8) is 0 Å². The van der Waals surface area contributed by atoms with Crippen molar-refractivity contribution in [3.05, 3.63) is 101 Å². The lowest BCUT2D eigenvalue weighted by atomic mass is 10.0. The number of hydrogen-bond donors (Lipinski definition) is 1. The third kappa shape index (κ3) is 9.65. The van der Waals surface area contributed by atoms with Gasteiger partial charge in [0, 0.05) is 38.5 Å². The van der Waals surface area contributed by atoms with Crippen molar-refractivity contribution in [2.24, 2.45) is 5.92 Å². The highest BCUT2D eigenvalue weighted by Gasteiger charge is 2.30. The molecule has 0 fully saturated rings. The molecule has 3 rings (SSSR count). The van der Waals surface area contributed by atoms with E-state index in [0.717, 1.165) is 39.4 Å². The minimum atomic E-state index is -3.85. The average Bonchev–Trinajstić information content (AvgIpc) is 2.93. The topological polar surface area (TPSA) is 86.8 Å². The van der Waals surface area contributed by atoms with E-state index in [9.17, 15) is 26.8 Å². The molecule has 3 aromatic carbocycles. The van der Waals surface area contributed by atoms with Gasteiger partial charge < -0.3 is 10.2 Å². The number of aryl methyl sites for hydroxylation is 1. The maximum absolute atomic E-state index is 13.9. The van der Waals surface area contributed by atoms with Crippen LogP contribution in [0.4, 0.5) is 14.5 Å². The van der Waals surface area contributed by atoms with Gasteiger partial charge in [-0.3, -0.25) is 13.9 Å². The Morgan fingerprint density at radius 2 is 1.60 bits per heavy atom. The van der Waals surface area contributed by atoms with Gasteiger partial charge in [-0.1, -0.05) is 74.0 Å². The fourth-order valence-corrected chi connectivity index (χ4v) is 5.59. The Kier molecular flexibility index (Phi) is 11.6. The number of benzene rings is 3. The molecule has 0 aliphatic heterocycles. The van der Waals surface area contributed by atoms with Gasteiger partial charge in [-0.25, -0.2) is 17.2 Å². The molecule has 1 atom stereocenters. The number of nitrogens with one attached hydrogen (secondary N) is 1. The third-order valence-electron chi connectivity index (χ3n) is 6.73. The van der Waals surface area contributed by atoms with Crippen molar-refractivity contribution >= 4 is 27.5 Å². The molecular weight excluding hydrogens is 560 g/mol. The summed E-state index contributed by atoms with van der Waals surface area (Å²) in [4.78, 5) is 29.0. The van der Waals surface area contributed by atoms with Crippen LogP contribution in [0.1, 0.15) is 43.4 Å². The van der Waals surface area contributed by atoms with Crippen LogP contribution in [0.3, 0.4) is 0 Å². The molecule has 0 aromatic heterocycles. The summed E-state index contributed by atoms with van der Waals surface area (Å²) in [6.07, 6.45) is 1.30. The molecule has 0 aliphatic carbocycles. The maximum Gasteiger partial charge on any atom is 0.243 e. The normalized spacial score (nSPS) is 12.2. The summed E-state index contributed by atoms with van der Waals surface area (Å²) in [6.45, 7) is 6.44. The zero-order valence-electron chi connectivity index (χ0n) is 24.5. The third-order valence-corrected chi connectivity index (χ3v) is 7.93. The van der Waals surface area contributed by atoms with Gasteiger partial charge in [0.1, 0.15) is 6.04 Å². The summed E-state index contributed by atoms with van der Waals surface area (Å²) < 4.78 is 53.3. The second kappa shape index (κ2) is 14.9. The first-order chi connectivity index (χ1) is 19.8. The number of hydrogen-bond acceptors (Lipinski definition) is 4. The van der Waals surface area contributed by atoms with Crippen LogP contribution in [0.15, 0.2) is 72.8 Å². The highest BCUT2D eigenvalue weighted by atomic mass is 32.2. The fourth-order valence-electron chi connectivity index (χ4n) is 4.63. The Hall–Kier alpha value is -3.79. The van der Waals surface area contributed by atoms with Gasteiger partial charge >= 0.3 is 0 Å². The van der Waals surface area contributed by atoms with E-state index in [1.165, 1.54) is 6.07 Å². The van der Waals surface area contributed by atoms with E-state index in [2.05, 4.69) is 5.32 Å². The monoisotopic (exact) mass is 599 g/mol. The molecule has 1 N–H and O–H groups in total. The summed E-state index contributed by atoms with van der Waals surface area (Å²) in [5.74, 6) is -2.64. The molecule has 0 aliphatic rings. The number of carbonyl (C=O) groups is 2. The molecule has 0 radical (unpaired) electrons. The van der Waals surface area contributed by atoms with Crippen LogP contribution in [0.5, 0.6) is 0 Å². The van der Waals surface area contributed by atoms with Gasteiger partial charge in [-0.15, -0.1) is 0 Å². The van der Waals surface area contributed by atoms with Gasteiger partial charge in [0.05, 0.1) is 11.9 Å². The van der Waals surface area contributed by atoms with E-state index in [1.807, 2.05) is 75.4 Å². The number of nitrogens with zero attached hydrogens (tertiary/aromatic N) is 2. The van der Waals surface area contributed by atoms with Crippen LogP contribution in [0.25, 0.3) is 0 Å². The van der Waals surface area contributed by atoms with Crippen LogP contribution < -0.4 is 9.62 Å². The van der Waals surface area contributed by atoms with Crippen LogP contribution in [-0.2, 0) is 32.6 Å². The predicted molar refractivity (Wildman–Crippen MR) is 161 cm³/mol. The van der Waals surface area contributed by atoms with E-state index < -0.39 is 27.7 Å². The van der Waals surface area contributed by atoms with E-state index in [0.29, 0.717) is 13.0 Å². The van der Waals surface area contributed by atoms with E-state index in [1.54, 1.807) is 4.90 Å². The highest BCUT2D eigenvalue weighted by Crippen LogP contribution is 2.22. The lowest BCUT2D eigenvalue weighted by Crippen LogP contribution is -2.51. The Labute approximate surface area is 247 Å². The van der Waals surface area contributed by atoms with Gasteiger partial charge in [-0.05, 0) is 42.5 Å². The Bertz CT molecular complexity index is 1470. The second-order valence-corrected chi connectivity index (χ2v) is 12.8. The first-order valence-corrected chi connectivity index (χ1v) is 15.8. The Morgan fingerprint density at radius 3 is 2.21 bits per heavy atom. The maximum atomic E-state index is 13.9. The van der Waals surface area contributed by atoms with Gasteiger partial charge in [0.25, 0.3) is 0 Å².